The molecular formula is C19H17F3N2O2. The number of nitrogens with zero attached hydrogens (tertiary/aromatic N) is 2. The van der Waals surface area contributed by atoms with Gasteiger partial charge in [-0.15, -0.1) is 0 Å². The molecule has 4 rings (SSSR count). The first-order chi connectivity index (χ1) is 12.2. The Labute approximate surface area is 148 Å². The normalized spacial score (nSPS) is 25.0. The standard InChI is InChI=1S/C19H17F3N2O2/c1-10-12(19(20,21)22)9-14-16-15(17(25)23(2)18(16)26)13(24(10)14)8-11-6-4-3-5-7-11/h3-7,9,13,15-16H,8H2,1-2H3/t13-,15-,16+/m0/s1. The number of hydrogen-bond acceptors (Lipinski definition) is 2. The minimum absolute atomic E-state index is 0.0612. The summed E-state index contributed by atoms with van der Waals surface area (Å²) in [5, 5.41) is 0. The van der Waals surface area contributed by atoms with E-state index in [0.29, 0.717) is 12.1 Å². The molecule has 1 aromatic heterocycles. The van der Waals surface area contributed by atoms with Gasteiger partial charge in [0.15, 0.2) is 0 Å². The Morgan fingerprint density at radius 3 is 2.35 bits per heavy atom. The van der Waals surface area contributed by atoms with Crippen LogP contribution in [-0.4, -0.2) is 28.3 Å². The number of hydrogen-bond donors (Lipinski definition) is 0. The van der Waals surface area contributed by atoms with Crippen molar-refractivity contribution in [3.05, 3.63) is 58.9 Å². The van der Waals surface area contributed by atoms with Crippen molar-refractivity contribution in [1.82, 2.24) is 9.47 Å². The molecule has 0 saturated carbocycles. The molecule has 136 valence electrons. The number of imide groups is 1. The van der Waals surface area contributed by atoms with Gasteiger partial charge in [-0.1, -0.05) is 30.3 Å². The summed E-state index contributed by atoms with van der Waals surface area (Å²) in [5.41, 5.74) is 0.536. The average molecular weight is 362 g/mol. The topological polar surface area (TPSA) is 42.3 Å². The van der Waals surface area contributed by atoms with Crippen molar-refractivity contribution in [3.63, 3.8) is 0 Å². The maximum absolute atomic E-state index is 13.4. The molecule has 1 aromatic carbocycles. The lowest BCUT2D eigenvalue weighted by Gasteiger charge is -2.22. The van der Waals surface area contributed by atoms with Crippen LogP contribution in [0.3, 0.4) is 0 Å². The van der Waals surface area contributed by atoms with Crippen LogP contribution in [0.4, 0.5) is 13.2 Å². The molecule has 0 aliphatic carbocycles. The van der Waals surface area contributed by atoms with E-state index in [1.807, 2.05) is 30.3 Å². The minimum atomic E-state index is -4.49. The van der Waals surface area contributed by atoms with Crippen LogP contribution in [0.1, 0.15) is 34.5 Å². The van der Waals surface area contributed by atoms with Crippen LogP contribution in [0, 0.1) is 12.8 Å². The van der Waals surface area contributed by atoms with Crippen LogP contribution >= 0.6 is 0 Å². The number of aromatic nitrogens is 1. The number of carbonyl (C=O) groups is 2. The lowest BCUT2D eigenvalue weighted by atomic mass is 9.87. The molecule has 4 nitrogen and oxygen atoms in total. The summed E-state index contributed by atoms with van der Waals surface area (Å²) in [6.45, 7) is 1.41. The second-order valence-electron chi connectivity index (χ2n) is 6.93. The Morgan fingerprint density at radius 1 is 1.08 bits per heavy atom. The number of fused-ring (bicyclic) bond motifs is 3. The number of benzene rings is 1. The Hall–Kier alpha value is -2.57. The summed E-state index contributed by atoms with van der Waals surface area (Å²) in [4.78, 5) is 26.2. The van der Waals surface area contributed by atoms with Crippen molar-refractivity contribution in [2.45, 2.75) is 31.5 Å². The van der Waals surface area contributed by atoms with E-state index < -0.39 is 35.5 Å². The molecule has 3 heterocycles. The zero-order valence-corrected chi connectivity index (χ0v) is 14.2. The van der Waals surface area contributed by atoms with Gasteiger partial charge in [-0.2, -0.15) is 13.2 Å². The molecular weight excluding hydrogens is 345 g/mol. The maximum atomic E-state index is 13.4. The second-order valence-corrected chi connectivity index (χ2v) is 6.93. The Balaban J connectivity index is 1.87. The molecule has 26 heavy (non-hydrogen) atoms. The number of carbonyl (C=O) groups excluding carboxylic acids is 2. The number of likely N-dealkylation sites (N-methyl/N-ethyl adjacent to an activating group) is 1. The van der Waals surface area contributed by atoms with Gasteiger partial charge in [0.1, 0.15) is 0 Å². The van der Waals surface area contributed by atoms with E-state index in [9.17, 15) is 22.8 Å². The molecule has 0 radical (unpaired) electrons. The highest BCUT2D eigenvalue weighted by Gasteiger charge is 2.57. The van der Waals surface area contributed by atoms with Gasteiger partial charge in [0, 0.05) is 18.4 Å². The largest absolute Gasteiger partial charge is 0.418 e. The van der Waals surface area contributed by atoms with Crippen LogP contribution in [0.25, 0.3) is 0 Å². The predicted octanol–water partition coefficient (Wildman–Crippen LogP) is 3.31. The van der Waals surface area contributed by atoms with Gasteiger partial charge < -0.3 is 4.57 Å². The summed E-state index contributed by atoms with van der Waals surface area (Å²) in [6.07, 6.45) is -4.10. The molecule has 3 atom stereocenters. The first-order valence-electron chi connectivity index (χ1n) is 8.36. The predicted molar refractivity (Wildman–Crippen MR) is 87.4 cm³/mol. The summed E-state index contributed by atoms with van der Waals surface area (Å²) >= 11 is 0. The summed E-state index contributed by atoms with van der Waals surface area (Å²) in [7, 11) is 1.40. The highest BCUT2D eigenvalue weighted by Crippen LogP contribution is 2.52. The smallest absolute Gasteiger partial charge is 0.343 e. The van der Waals surface area contributed by atoms with E-state index in [4.69, 9.17) is 0 Å². The number of likely N-dealkylation sites (tertiary alicyclic amines) is 1. The molecule has 2 aliphatic heterocycles. The van der Waals surface area contributed by atoms with Crippen LogP contribution in [0.15, 0.2) is 36.4 Å². The van der Waals surface area contributed by atoms with Crippen LogP contribution < -0.4 is 0 Å². The molecule has 0 unspecified atom stereocenters. The third-order valence-electron chi connectivity index (χ3n) is 5.55. The number of rotatable bonds is 2. The molecule has 2 aliphatic rings. The van der Waals surface area contributed by atoms with Gasteiger partial charge in [0.05, 0.1) is 23.4 Å². The number of halogens is 3. The molecule has 0 bridgehead atoms. The fourth-order valence-corrected chi connectivity index (χ4v) is 4.38. The molecule has 1 fully saturated rings. The van der Waals surface area contributed by atoms with E-state index in [2.05, 4.69) is 0 Å². The molecule has 0 spiro atoms. The van der Waals surface area contributed by atoms with Crippen molar-refractivity contribution in [1.29, 1.82) is 0 Å². The van der Waals surface area contributed by atoms with E-state index in [0.717, 1.165) is 16.5 Å². The summed E-state index contributed by atoms with van der Waals surface area (Å²) in [5.74, 6) is -2.24. The molecule has 7 heteroatoms. The highest BCUT2D eigenvalue weighted by molar-refractivity contribution is 6.08. The minimum Gasteiger partial charge on any atom is -0.343 e. The highest BCUT2D eigenvalue weighted by atomic mass is 19.4. The van der Waals surface area contributed by atoms with Crippen molar-refractivity contribution < 1.29 is 22.8 Å². The van der Waals surface area contributed by atoms with Crippen molar-refractivity contribution in [2.75, 3.05) is 7.05 Å². The average Bonchev–Trinajstić information content (AvgIpc) is 3.15. The SMILES string of the molecule is Cc1c(C(F)(F)F)cc2n1[C@@H](Cc1ccccc1)[C@@H]1C(=O)N(C)C(=O)[C@H]21. The van der Waals surface area contributed by atoms with Crippen LogP contribution in [0.2, 0.25) is 0 Å². The van der Waals surface area contributed by atoms with Gasteiger partial charge in [0.2, 0.25) is 11.8 Å². The lowest BCUT2D eigenvalue weighted by Crippen LogP contribution is -2.30. The second kappa shape index (κ2) is 5.46. The maximum Gasteiger partial charge on any atom is 0.418 e. The van der Waals surface area contributed by atoms with Gasteiger partial charge in [0.25, 0.3) is 0 Å². The Bertz CT molecular complexity index is 901. The Kier molecular flexibility index (Phi) is 3.54. The quantitative estimate of drug-likeness (QED) is 0.770. The zero-order valence-electron chi connectivity index (χ0n) is 14.2. The number of alkyl halides is 3. The third-order valence-corrected chi connectivity index (χ3v) is 5.55. The Morgan fingerprint density at radius 2 is 1.73 bits per heavy atom. The lowest BCUT2D eigenvalue weighted by molar-refractivity contribution is -0.139. The van der Waals surface area contributed by atoms with E-state index >= 15 is 0 Å². The first-order valence-corrected chi connectivity index (χ1v) is 8.36. The third kappa shape index (κ3) is 2.22. The van der Waals surface area contributed by atoms with Crippen molar-refractivity contribution >= 4 is 11.8 Å². The van der Waals surface area contributed by atoms with Gasteiger partial charge in [-0.3, -0.25) is 14.5 Å². The van der Waals surface area contributed by atoms with Crippen molar-refractivity contribution in [2.24, 2.45) is 5.92 Å². The van der Waals surface area contributed by atoms with Crippen molar-refractivity contribution in [3.8, 4) is 0 Å². The molecule has 1 saturated heterocycles. The van der Waals surface area contributed by atoms with Gasteiger partial charge in [-0.05, 0) is 25.0 Å². The van der Waals surface area contributed by atoms with Gasteiger partial charge in [-0.25, -0.2) is 0 Å². The molecule has 0 N–H and O–H groups in total. The van der Waals surface area contributed by atoms with Crippen LogP contribution in [-0.2, 0) is 22.2 Å². The first kappa shape index (κ1) is 16.9. The monoisotopic (exact) mass is 362 g/mol. The summed E-state index contributed by atoms with van der Waals surface area (Å²) < 4.78 is 41.7. The summed E-state index contributed by atoms with van der Waals surface area (Å²) in [6, 6.07) is 9.84. The fourth-order valence-electron chi connectivity index (χ4n) is 4.38. The van der Waals surface area contributed by atoms with Gasteiger partial charge >= 0.3 is 6.18 Å². The number of amides is 2. The van der Waals surface area contributed by atoms with E-state index in [1.54, 1.807) is 4.57 Å². The fraction of sp³-hybridized carbons (Fsp3) is 0.368. The molecule has 2 amide bonds. The zero-order chi connectivity index (χ0) is 18.8. The molecule has 2 aromatic rings. The van der Waals surface area contributed by atoms with E-state index in [1.165, 1.54) is 14.0 Å². The van der Waals surface area contributed by atoms with Crippen LogP contribution in [0.5, 0.6) is 0 Å². The van der Waals surface area contributed by atoms with E-state index in [-0.39, 0.29) is 11.6 Å².